The lowest BCUT2D eigenvalue weighted by molar-refractivity contribution is -0.771. The molecule has 0 aliphatic carbocycles. The molecule has 0 fully saturated rings. The van der Waals surface area contributed by atoms with Gasteiger partial charge in [-0.1, -0.05) is 12.1 Å². The quantitative estimate of drug-likeness (QED) is 0.779. The normalized spacial score (nSPS) is 22.4. The standard InChI is InChI=1S/C15H12FNO4/c16-11-3-1-2-8-10(6-17(19)15(8)11)9-4-13-14(5-12(9)18)21-7-20-13/h1-5,10,17-18H,6-7H2. The maximum atomic E-state index is 13.8. The van der Waals surface area contributed by atoms with Crippen LogP contribution >= 0.6 is 0 Å². The van der Waals surface area contributed by atoms with Crippen molar-refractivity contribution in [2.75, 3.05) is 13.3 Å². The lowest BCUT2D eigenvalue weighted by Crippen LogP contribution is -3.01. The summed E-state index contributed by atoms with van der Waals surface area (Å²) in [7, 11) is 0. The average Bonchev–Trinajstić information content (AvgIpc) is 3.03. The van der Waals surface area contributed by atoms with E-state index in [9.17, 15) is 14.7 Å². The average molecular weight is 289 g/mol. The van der Waals surface area contributed by atoms with Crippen LogP contribution in [-0.4, -0.2) is 18.4 Å². The van der Waals surface area contributed by atoms with E-state index in [0.29, 0.717) is 22.6 Å². The molecule has 4 rings (SSSR count). The number of hydrogen-bond donors (Lipinski definition) is 2. The SMILES string of the molecule is [O-][NH+]1CC(c2cc3c(cc2O)OCO3)c2cccc(F)c21. The Kier molecular flexibility index (Phi) is 2.57. The molecule has 2 atom stereocenters. The summed E-state index contributed by atoms with van der Waals surface area (Å²) in [4.78, 5) is 0. The number of nitrogens with one attached hydrogen (secondary N) is 1. The van der Waals surface area contributed by atoms with Crippen LogP contribution in [0, 0.1) is 11.0 Å². The molecule has 0 bridgehead atoms. The van der Waals surface area contributed by atoms with Crippen LogP contribution in [0.15, 0.2) is 30.3 Å². The zero-order chi connectivity index (χ0) is 14.6. The number of halogens is 1. The van der Waals surface area contributed by atoms with Gasteiger partial charge in [0.2, 0.25) is 6.79 Å². The summed E-state index contributed by atoms with van der Waals surface area (Å²) in [6.07, 6.45) is 0. The van der Waals surface area contributed by atoms with Gasteiger partial charge in [0.15, 0.2) is 23.0 Å². The molecule has 0 radical (unpaired) electrons. The van der Waals surface area contributed by atoms with Crippen molar-refractivity contribution in [3.05, 3.63) is 52.5 Å². The van der Waals surface area contributed by atoms with Crippen LogP contribution in [0.1, 0.15) is 17.0 Å². The van der Waals surface area contributed by atoms with Gasteiger partial charge in [0.25, 0.3) is 0 Å². The van der Waals surface area contributed by atoms with Crippen LogP contribution in [0.3, 0.4) is 0 Å². The number of hydroxylamine groups is 1. The highest BCUT2D eigenvalue weighted by Gasteiger charge is 2.35. The molecule has 108 valence electrons. The van der Waals surface area contributed by atoms with Gasteiger partial charge >= 0.3 is 0 Å². The first kappa shape index (κ1) is 12.4. The van der Waals surface area contributed by atoms with E-state index in [-0.39, 0.29) is 35.8 Å². The van der Waals surface area contributed by atoms with Crippen molar-refractivity contribution in [3.8, 4) is 17.2 Å². The Morgan fingerprint density at radius 2 is 1.95 bits per heavy atom. The second-order valence-corrected chi connectivity index (χ2v) is 5.15. The van der Waals surface area contributed by atoms with E-state index in [1.807, 2.05) is 0 Å². The zero-order valence-corrected chi connectivity index (χ0v) is 10.9. The molecule has 0 saturated heterocycles. The number of aromatic hydroxyl groups is 1. The Labute approximate surface area is 119 Å². The Morgan fingerprint density at radius 1 is 1.19 bits per heavy atom. The van der Waals surface area contributed by atoms with Crippen LogP contribution < -0.4 is 14.5 Å². The van der Waals surface area contributed by atoms with Crippen LogP contribution in [0.2, 0.25) is 0 Å². The van der Waals surface area contributed by atoms with Crippen molar-refractivity contribution in [2.24, 2.45) is 0 Å². The van der Waals surface area contributed by atoms with Crippen molar-refractivity contribution in [1.29, 1.82) is 0 Å². The molecule has 0 saturated carbocycles. The second kappa shape index (κ2) is 4.34. The lowest BCUT2D eigenvalue weighted by Gasteiger charge is -2.17. The van der Waals surface area contributed by atoms with E-state index >= 15 is 0 Å². The molecule has 0 aromatic heterocycles. The molecule has 6 heteroatoms. The number of phenolic OH excluding ortho intramolecular Hbond substituents is 1. The maximum absolute atomic E-state index is 13.8. The fourth-order valence-electron chi connectivity index (χ4n) is 3.03. The summed E-state index contributed by atoms with van der Waals surface area (Å²) in [5.41, 5.74) is 1.28. The van der Waals surface area contributed by atoms with Gasteiger partial charge in [-0.3, -0.25) is 0 Å². The van der Waals surface area contributed by atoms with Crippen molar-refractivity contribution < 1.29 is 24.0 Å². The summed E-state index contributed by atoms with van der Waals surface area (Å²) in [6.45, 7) is 0.247. The minimum absolute atomic E-state index is 0.0224. The number of fused-ring (bicyclic) bond motifs is 2. The van der Waals surface area contributed by atoms with E-state index < -0.39 is 5.82 Å². The number of rotatable bonds is 1. The topological polar surface area (TPSA) is 66.2 Å². The molecule has 5 nitrogen and oxygen atoms in total. The molecule has 2 aromatic carbocycles. The Hall–Kier alpha value is -2.31. The number of quaternary nitrogens is 1. The summed E-state index contributed by atoms with van der Waals surface area (Å²) < 4.78 is 24.3. The largest absolute Gasteiger partial charge is 0.629 e. The molecule has 2 N–H and O–H groups in total. The van der Waals surface area contributed by atoms with Gasteiger partial charge < -0.3 is 24.9 Å². The first-order valence-electron chi connectivity index (χ1n) is 6.59. The zero-order valence-electron chi connectivity index (χ0n) is 10.9. The smallest absolute Gasteiger partial charge is 0.231 e. The third kappa shape index (κ3) is 1.76. The van der Waals surface area contributed by atoms with Gasteiger partial charge in [-0.05, 0) is 12.1 Å². The molecule has 2 aliphatic heterocycles. The number of phenols is 1. The summed E-state index contributed by atoms with van der Waals surface area (Å²) in [6, 6.07) is 7.70. The number of hydrogen-bond acceptors (Lipinski definition) is 4. The van der Waals surface area contributed by atoms with Crippen LogP contribution in [0.25, 0.3) is 0 Å². The van der Waals surface area contributed by atoms with E-state index in [4.69, 9.17) is 9.47 Å². The van der Waals surface area contributed by atoms with Crippen LogP contribution in [0.5, 0.6) is 17.2 Å². The molecule has 0 amide bonds. The Bertz CT molecular complexity index is 734. The minimum Gasteiger partial charge on any atom is -0.629 e. The first-order valence-corrected chi connectivity index (χ1v) is 6.59. The van der Waals surface area contributed by atoms with Gasteiger partial charge in [-0.15, -0.1) is 0 Å². The van der Waals surface area contributed by atoms with Crippen molar-refractivity contribution in [2.45, 2.75) is 5.92 Å². The first-order chi connectivity index (χ1) is 10.1. The van der Waals surface area contributed by atoms with Gasteiger partial charge in [0.05, 0.1) is 12.5 Å². The van der Waals surface area contributed by atoms with Gasteiger partial charge in [0, 0.05) is 17.2 Å². The molecular weight excluding hydrogens is 277 g/mol. The van der Waals surface area contributed by atoms with E-state index in [0.717, 1.165) is 0 Å². The molecular formula is C15H12FNO4. The molecule has 2 aliphatic rings. The van der Waals surface area contributed by atoms with Gasteiger partial charge in [0.1, 0.15) is 5.75 Å². The van der Waals surface area contributed by atoms with Crippen molar-refractivity contribution in [1.82, 2.24) is 0 Å². The number of benzene rings is 2. The summed E-state index contributed by atoms with van der Waals surface area (Å²) in [5, 5.41) is 22.0. The molecule has 2 aromatic rings. The van der Waals surface area contributed by atoms with Gasteiger partial charge in [-0.2, -0.15) is 0 Å². The fraction of sp³-hybridized carbons (Fsp3) is 0.200. The predicted octanol–water partition coefficient (Wildman–Crippen LogP) is 1.42. The summed E-state index contributed by atoms with van der Waals surface area (Å²) in [5.74, 6) is 0.146. The predicted molar refractivity (Wildman–Crippen MR) is 71.3 cm³/mol. The minimum atomic E-state index is -0.514. The molecule has 21 heavy (non-hydrogen) atoms. The van der Waals surface area contributed by atoms with Crippen molar-refractivity contribution in [3.63, 3.8) is 0 Å². The maximum Gasteiger partial charge on any atom is 0.231 e. The third-order valence-corrected chi connectivity index (χ3v) is 3.99. The molecule has 2 unspecified atom stereocenters. The van der Waals surface area contributed by atoms with Crippen LogP contribution in [0.4, 0.5) is 10.1 Å². The highest BCUT2D eigenvalue weighted by atomic mass is 19.1. The van der Waals surface area contributed by atoms with Gasteiger partial charge in [-0.25, -0.2) is 4.39 Å². The van der Waals surface area contributed by atoms with Crippen molar-refractivity contribution >= 4 is 5.69 Å². The molecule has 2 heterocycles. The Morgan fingerprint density at radius 3 is 2.76 bits per heavy atom. The van der Waals surface area contributed by atoms with E-state index in [1.165, 1.54) is 12.1 Å². The van der Waals surface area contributed by atoms with E-state index in [1.54, 1.807) is 18.2 Å². The Balaban J connectivity index is 1.85. The monoisotopic (exact) mass is 289 g/mol. The fourth-order valence-corrected chi connectivity index (χ4v) is 3.03. The number of para-hydroxylation sites is 1. The van der Waals surface area contributed by atoms with E-state index in [2.05, 4.69) is 0 Å². The number of ether oxygens (including phenoxy) is 2. The summed E-state index contributed by atoms with van der Waals surface area (Å²) >= 11 is 0. The highest BCUT2D eigenvalue weighted by Crippen LogP contribution is 2.44. The van der Waals surface area contributed by atoms with Crippen LogP contribution in [-0.2, 0) is 0 Å². The highest BCUT2D eigenvalue weighted by molar-refractivity contribution is 5.58. The lowest BCUT2D eigenvalue weighted by atomic mass is 9.92. The second-order valence-electron chi connectivity index (χ2n) is 5.15. The third-order valence-electron chi connectivity index (χ3n) is 3.99. The molecule has 0 spiro atoms.